The SMILES string of the molecule is C=O.CNC(=O)C1=C(N(C)CCN(C)C)NC(Oc2cccc(OC(F)(F)F)c2)N1Cc1ccc(Cl)cc1. The first-order chi connectivity index (χ1) is 18.0. The molecule has 208 valence electrons. The second-order valence-corrected chi connectivity index (χ2v) is 8.83. The molecule has 2 aromatic rings. The van der Waals surface area contributed by atoms with Crippen LogP contribution in [0.25, 0.3) is 0 Å². The maximum atomic E-state index is 13.0. The van der Waals surface area contributed by atoms with Crippen LogP contribution in [0.3, 0.4) is 0 Å². The van der Waals surface area contributed by atoms with E-state index in [0.29, 0.717) is 23.1 Å². The lowest BCUT2D eigenvalue weighted by Crippen LogP contribution is -2.44. The summed E-state index contributed by atoms with van der Waals surface area (Å²) in [6.07, 6.45) is -5.73. The van der Waals surface area contributed by atoms with Gasteiger partial charge in [0.2, 0.25) is 0 Å². The van der Waals surface area contributed by atoms with Gasteiger partial charge in [0.25, 0.3) is 12.3 Å². The predicted molar refractivity (Wildman–Crippen MR) is 137 cm³/mol. The highest BCUT2D eigenvalue weighted by molar-refractivity contribution is 6.30. The Bertz CT molecular complexity index is 1100. The van der Waals surface area contributed by atoms with E-state index >= 15 is 0 Å². The van der Waals surface area contributed by atoms with Gasteiger partial charge in [-0.3, -0.25) is 4.79 Å². The van der Waals surface area contributed by atoms with Gasteiger partial charge in [0.15, 0.2) is 0 Å². The first-order valence-electron chi connectivity index (χ1n) is 11.4. The van der Waals surface area contributed by atoms with Gasteiger partial charge in [-0.15, -0.1) is 13.2 Å². The summed E-state index contributed by atoms with van der Waals surface area (Å²) < 4.78 is 48.2. The quantitative estimate of drug-likeness (QED) is 0.461. The van der Waals surface area contributed by atoms with Gasteiger partial charge in [0.05, 0.1) is 0 Å². The molecule has 13 heteroatoms. The molecule has 1 unspecified atom stereocenters. The number of hydrogen-bond donors (Lipinski definition) is 2. The minimum atomic E-state index is -4.83. The Hall–Kier alpha value is -3.64. The van der Waals surface area contributed by atoms with Crippen LogP contribution in [0.2, 0.25) is 5.02 Å². The molecule has 1 atom stereocenters. The van der Waals surface area contributed by atoms with Crippen LogP contribution >= 0.6 is 11.6 Å². The zero-order chi connectivity index (χ0) is 28.5. The van der Waals surface area contributed by atoms with Gasteiger partial charge in [-0.05, 0) is 43.9 Å². The van der Waals surface area contributed by atoms with Crippen molar-refractivity contribution in [1.29, 1.82) is 0 Å². The zero-order valence-corrected chi connectivity index (χ0v) is 22.3. The number of nitrogens with one attached hydrogen (secondary N) is 2. The number of rotatable bonds is 10. The van der Waals surface area contributed by atoms with E-state index in [4.69, 9.17) is 21.1 Å². The number of amides is 1. The number of likely N-dealkylation sites (N-methyl/N-ethyl adjacent to an activating group) is 3. The molecule has 1 heterocycles. The molecule has 0 fully saturated rings. The standard InChI is InChI=1S/C24H29ClF3N5O3.CH2O/c1-29-22(34)20-21(32(4)13-12-31(2)3)30-23(33(20)15-16-8-10-17(25)11-9-16)35-18-6-5-7-19(14-18)36-24(26,27)28;1-2/h5-11,14,23,30H,12-13,15H2,1-4H3,(H,29,34);1H2. The fourth-order valence-electron chi connectivity index (χ4n) is 3.54. The van der Waals surface area contributed by atoms with Crippen LogP contribution in [0.1, 0.15) is 5.56 Å². The molecule has 9 nitrogen and oxygen atoms in total. The summed E-state index contributed by atoms with van der Waals surface area (Å²) >= 11 is 6.02. The molecule has 1 aliphatic rings. The molecule has 1 amide bonds. The van der Waals surface area contributed by atoms with Gasteiger partial charge >= 0.3 is 6.36 Å². The molecule has 38 heavy (non-hydrogen) atoms. The van der Waals surface area contributed by atoms with E-state index in [1.54, 1.807) is 17.0 Å². The van der Waals surface area contributed by atoms with Crippen LogP contribution in [0.15, 0.2) is 60.0 Å². The van der Waals surface area contributed by atoms with Crippen molar-refractivity contribution in [2.75, 3.05) is 41.3 Å². The van der Waals surface area contributed by atoms with E-state index in [1.165, 1.54) is 25.2 Å². The molecular formula is C25H31ClF3N5O4. The van der Waals surface area contributed by atoms with Gasteiger partial charge in [0.1, 0.15) is 29.8 Å². The summed E-state index contributed by atoms with van der Waals surface area (Å²) in [6, 6.07) is 12.4. The minimum Gasteiger partial charge on any atom is -0.452 e. The fourth-order valence-corrected chi connectivity index (χ4v) is 3.67. The van der Waals surface area contributed by atoms with Crippen molar-refractivity contribution in [3.63, 3.8) is 0 Å². The molecular weight excluding hydrogens is 527 g/mol. The lowest BCUT2D eigenvalue weighted by Gasteiger charge is -2.28. The summed E-state index contributed by atoms with van der Waals surface area (Å²) in [7, 11) is 7.26. The van der Waals surface area contributed by atoms with Gasteiger partial charge in [0, 0.05) is 44.8 Å². The fraction of sp³-hybridized carbons (Fsp3) is 0.360. The number of carbonyl (C=O) groups is 2. The molecule has 0 saturated heterocycles. The number of hydrogen-bond acceptors (Lipinski definition) is 8. The third kappa shape index (κ3) is 8.73. The van der Waals surface area contributed by atoms with E-state index < -0.39 is 18.5 Å². The molecule has 1 aliphatic heterocycles. The van der Waals surface area contributed by atoms with Crippen LogP contribution in [-0.2, 0) is 16.1 Å². The summed E-state index contributed by atoms with van der Waals surface area (Å²) in [6.45, 7) is 3.59. The van der Waals surface area contributed by atoms with Gasteiger partial charge < -0.3 is 39.6 Å². The van der Waals surface area contributed by atoms with Gasteiger partial charge in [-0.25, -0.2) is 0 Å². The van der Waals surface area contributed by atoms with Crippen LogP contribution < -0.4 is 20.1 Å². The van der Waals surface area contributed by atoms with Crippen LogP contribution in [-0.4, -0.2) is 81.4 Å². The van der Waals surface area contributed by atoms with Gasteiger partial charge in [-0.2, -0.15) is 0 Å². The van der Waals surface area contributed by atoms with E-state index in [9.17, 15) is 18.0 Å². The number of carbonyl (C=O) groups excluding carboxylic acids is 2. The Balaban J connectivity index is 0.00000247. The summed E-state index contributed by atoms with van der Waals surface area (Å²) in [5.41, 5.74) is 1.18. The Morgan fingerprint density at radius 3 is 2.32 bits per heavy atom. The van der Waals surface area contributed by atoms with Crippen molar-refractivity contribution >= 4 is 24.3 Å². The van der Waals surface area contributed by atoms with E-state index in [2.05, 4.69) is 15.4 Å². The summed E-state index contributed by atoms with van der Waals surface area (Å²) in [5, 5.41) is 6.45. The number of halogens is 4. The number of ether oxygens (including phenoxy) is 2. The Kier molecular flexibility index (Phi) is 11.1. The Morgan fingerprint density at radius 1 is 1.11 bits per heavy atom. The number of benzene rings is 2. The maximum absolute atomic E-state index is 13.0. The molecule has 2 aromatic carbocycles. The Labute approximate surface area is 224 Å². The number of nitrogens with zero attached hydrogens (tertiary/aromatic N) is 3. The maximum Gasteiger partial charge on any atom is 0.573 e. The van der Waals surface area contributed by atoms with E-state index in [-0.39, 0.29) is 18.2 Å². The van der Waals surface area contributed by atoms with Crippen molar-refractivity contribution in [3.05, 3.63) is 70.6 Å². The molecule has 0 radical (unpaired) electrons. The third-order valence-electron chi connectivity index (χ3n) is 5.31. The van der Waals surface area contributed by atoms with Gasteiger partial charge in [-0.1, -0.05) is 29.8 Å². The molecule has 0 aliphatic carbocycles. The lowest BCUT2D eigenvalue weighted by atomic mass is 10.2. The molecule has 0 spiro atoms. The second kappa shape index (κ2) is 13.8. The average Bonchev–Trinajstić information content (AvgIpc) is 3.21. The molecule has 0 saturated carbocycles. The first-order valence-corrected chi connectivity index (χ1v) is 11.8. The first kappa shape index (κ1) is 30.6. The van der Waals surface area contributed by atoms with Crippen LogP contribution in [0.4, 0.5) is 13.2 Å². The van der Waals surface area contributed by atoms with Crippen molar-refractivity contribution < 1.29 is 32.2 Å². The van der Waals surface area contributed by atoms with Crippen LogP contribution in [0.5, 0.6) is 11.5 Å². The summed E-state index contributed by atoms with van der Waals surface area (Å²) in [4.78, 5) is 26.6. The Morgan fingerprint density at radius 2 is 1.74 bits per heavy atom. The average molecular weight is 558 g/mol. The highest BCUT2D eigenvalue weighted by atomic mass is 35.5. The summed E-state index contributed by atoms with van der Waals surface area (Å²) in [5.74, 6) is -0.102. The van der Waals surface area contributed by atoms with Crippen molar-refractivity contribution in [2.45, 2.75) is 19.3 Å². The zero-order valence-electron chi connectivity index (χ0n) is 21.5. The van der Waals surface area contributed by atoms with Crippen molar-refractivity contribution in [2.24, 2.45) is 0 Å². The molecule has 2 N–H and O–H groups in total. The van der Waals surface area contributed by atoms with Crippen molar-refractivity contribution in [1.82, 2.24) is 25.3 Å². The molecule has 0 aromatic heterocycles. The van der Waals surface area contributed by atoms with E-state index in [0.717, 1.165) is 18.2 Å². The predicted octanol–water partition coefficient (Wildman–Crippen LogP) is 3.23. The smallest absolute Gasteiger partial charge is 0.452 e. The third-order valence-corrected chi connectivity index (χ3v) is 5.57. The number of alkyl halides is 3. The van der Waals surface area contributed by atoms with Crippen molar-refractivity contribution in [3.8, 4) is 11.5 Å². The second-order valence-electron chi connectivity index (χ2n) is 8.39. The molecule has 0 bridgehead atoms. The molecule has 3 rings (SSSR count). The highest BCUT2D eigenvalue weighted by Gasteiger charge is 2.38. The minimum absolute atomic E-state index is 0.129. The van der Waals surface area contributed by atoms with Crippen LogP contribution in [0, 0.1) is 0 Å². The highest BCUT2D eigenvalue weighted by Crippen LogP contribution is 2.30. The van der Waals surface area contributed by atoms with E-state index in [1.807, 2.05) is 49.9 Å². The largest absolute Gasteiger partial charge is 0.573 e. The normalized spacial score (nSPS) is 15.0. The lowest BCUT2D eigenvalue weighted by molar-refractivity contribution is -0.274. The topological polar surface area (TPSA) is 86.4 Å². The monoisotopic (exact) mass is 557 g/mol.